The van der Waals surface area contributed by atoms with Crippen LogP contribution in [0.2, 0.25) is 0 Å². The molecule has 0 fully saturated rings. The topological polar surface area (TPSA) is 54.7 Å². The number of nitrogens with one attached hydrogen (secondary N) is 1. The molecule has 1 N–H and O–H groups in total. The van der Waals surface area contributed by atoms with Gasteiger partial charge in [0, 0.05) is 12.1 Å². The summed E-state index contributed by atoms with van der Waals surface area (Å²) in [6, 6.07) is 8.03. The second kappa shape index (κ2) is 5.78. The van der Waals surface area contributed by atoms with Crippen molar-refractivity contribution in [1.82, 2.24) is 5.01 Å². The van der Waals surface area contributed by atoms with E-state index < -0.39 is 0 Å². The summed E-state index contributed by atoms with van der Waals surface area (Å²) in [5, 5.41) is 2.05. The van der Waals surface area contributed by atoms with Crippen LogP contribution in [-0.4, -0.2) is 12.1 Å². The first-order valence-corrected chi connectivity index (χ1v) is 7.80. The number of hydrogen-bond donors (Lipinski definition) is 1. The molecule has 0 saturated carbocycles. The predicted octanol–water partition coefficient (Wildman–Crippen LogP) is 3.62. The molecule has 2 heterocycles. The van der Waals surface area contributed by atoms with E-state index in [9.17, 15) is 4.79 Å². The van der Waals surface area contributed by atoms with E-state index >= 15 is 0 Å². The minimum Gasteiger partial charge on any atom is -0.497 e. The third kappa shape index (κ3) is 2.53. The van der Waals surface area contributed by atoms with Gasteiger partial charge in [0.05, 0.1) is 13.2 Å². The van der Waals surface area contributed by atoms with Crippen molar-refractivity contribution >= 4 is 21.8 Å². The molecule has 1 unspecified atom stereocenters. The van der Waals surface area contributed by atoms with Crippen LogP contribution in [0.4, 0.5) is 5.88 Å². The Hall–Kier alpha value is -1.79. The number of halogens is 1. The van der Waals surface area contributed by atoms with Crippen molar-refractivity contribution in [3.05, 3.63) is 55.8 Å². The fourth-order valence-electron chi connectivity index (χ4n) is 2.71. The van der Waals surface area contributed by atoms with Crippen molar-refractivity contribution in [2.75, 3.05) is 12.5 Å². The molecule has 1 aromatic heterocycles. The van der Waals surface area contributed by atoms with Crippen molar-refractivity contribution in [2.45, 2.75) is 26.4 Å². The smallest absolute Gasteiger partial charge is 0.352 e. The molecule has 0 aliphatic carbocycles. The molecule has 1 aromatic carbocycles. The van der Waals surface area contributed by atoms with Gasteiger partial charge in [-0.2, -0.15) is 0 Å². The molecule has 22 heavy (non-hydrogen) atoms. The zero-order valence-electron chi connectivity index (χ0n) is 12.6. The summed E-state index contributed by atoms with van der Waals surface area (Å²) in [7, 11) is 1.65. The maximum atomic E-state index is 11.8. The van der Waals surface area contributed by atoms with E-state index in [-0.39, 0.29) is 11.7 Å². The molecule has 0 spiro atoms. The van der Waals surface area contributed by atoms with Gasteiger partial charge in [-0.3, -0.25) is 5.43 Å². The molecule has 0 bridgehead atoms. The number of methoxy groups -OCH3 is 1. The highest BCUT2D eigenvalue weighted by molar-refractivity contribution is 9.10. The van der Waals surface area contributed by atoms with Gasteiger partial charge in [-0.1, -0.05) is 12.1 Å². The summed E-state index contributed by atoms with van der Waals surface area (Å²) < 4.78 is 11.0. The molecule has 0 amide bonds. The Labute approximate surface area is 137 Å². The Morgan fingerprint density at radius 2 is 2.05 bits per heavy atom. The molecule has 1 atom stereocenters. The second-order valence-electron chi connectivity index (χ2n) is 5.34. The molecule has 2 aromatic rings. The summed E-state index contributed by atoms with van der Waals surface area (Å²) in [6.45, 7) is 4.71. The average molecular weight is 365 g/mol. The quantitative estimate of drug-likeness (QED) is 0.901. The first kappa shape index (κ1) is 15.1. The first-order valence-electron chi connectivity index (χ1n) is 7.00. The Morgan fingerprint density at radius 1 is 1.36 bits per heavy atom. The normalized spacial score (nSPS) is 17.2. The van der Waals surface area contributed by atoms with Crippen LogP contribution in [0.15, 0.2) is 37.9 Å². The lowest BCUT2D eigenvalue weighted by Crippen LogP contribution is -2.26. The molecule has 5 nitrogen and oxygen atoms in total. The summed E-state index contributed by atoms with van der Waals surface area (Å²) in [4.78, 5) is 11.8. The Bertz CT molecular complexity index is 755. The van der Waals surface area contributed by atoms with Gasteiger partial charge in [-0.05, 0) is 53.0 Å². The minimum atomic E-state index is -0.359. The molecule has 0 radical (unpaired) electrons. The van der Waals surface area contributed by atoms with E-state index in [1.165, 1.54) is 0 Å². The van der Waals surface area contributed by atoms with Gasteiger partial charge in [0.1, 0.15) is 10.2 Å². The predicted molar refractivity (Wildman–Crippen MR) is 88.0 cm³/mol. The van der Waals surface area contributed by atoms with Gasteiger partial charge < -0.3 is 9.15 Å². The number of anilines is 1. The molecule has 1 aliphatic heterocycles. The van der Waals surface area contributed by atoms with Crippen LogP contribution < -0.4 is 15.8 Å². The largest absolute Gasteiger partial charge is 0.497 e. The zero-order valence-corrected chi connectivity index (χ0v) is 14.2. The number of fused-ring (bicyclic) bond motifs is 1. The molecule has 3 rings (SSSR count). The lowest BCUT2D eigenvalue weighted by atomic mass is 10.1. The van der Waals surface area contributed by atoms with Gasteiger partial charge >= 0.3 is 5.63 Å². The van der Waals surface area contributed by atoms with Crippen molar-refractivity contribution in [3.63, 3.8) is 0 Å². The number of hydrazine groups is 1. The van der Waals surface area contributed by atoms with Crippen LogP contribution in [0.1, 0.15) is 29.7 Å². The Balaban J connectivity index is 1.86. The first-order chi connectivity index (χ1) is 10.5. The maximum Gasteiger partial charge on any atom is 0.352 e. The highest BCUT2D eigenvalue weighted by atomic mass is 79.9. The van der Waals surface area contributed by atoms with Crippen LogP contribution in [0, 0.1) is 6.92 Å². The summed E-state index contributed by atoms with van der Waals surface area (Å²) in [5.41, 5.74) is 5.90. The third-order valence-corrected chi connectivity index (χ3v) is 4.91. The Morgan fingerprint density at radius 3 is 2.68 bits per heavy atom. The van der Waals surface area contributed by atoms with Gasteiger partial charge in [-0.25, -0.2) is 9.80 Å². The summed E-state index contributed by atoms with van der Waals surface area (Å²) in [5.74, 6) is 1.37. The Kier molecular flexibility index (Phi) is 3.97. The van der Waals surface area contributed by atoms with Crippen molar-refractivity contribution in [1.29, 1.82) is 0 Å². The van der Waals surface area contributed by atoms with Crippen LogP contribution >= 0.6 is 15.9 Å². The van der Waals surface area contributed by atoms with E-state index in [1.54, 1.807) is 7.11 Å². The van der Waals surface area contributed by atoms with Gasteiger partial charge in [0.25, 0.3) is 0 Å². The number of rotatable bonds is 3. The van der Waals surface area contributed by atoms with E-state index in [0.717, 1.165) is 22.4 Å². The third-order valence-electron chi connectivity index (χ3n) is 3.99. The standard InChI is InChI=1S/C16H17BrN2O3/c1-9-13-10(2)19(18-15(13)22-16(20)14(9)17)8-11-4-6-12(21-3)7-5-11/h4-7,10,18H,8H2,1-3H3. The summed E-state index contributed by atoms with van der Waals surface area (Å²) >= 11 is 3.30. The van der Waals surface area contributed by atoms with Crippen LogP contribution in [-0.2, 0) is 6.54 Å². The molecule has 1 aliphatic rings. The number of hydrogen-bond acceptors (Lipinski definition) is 5. The van der Waals surface area contributed by atoms with E-state index in [4.69, 9.17) is 9.15 Å². The van der Waals surface area contributed by atoms with E-state index in [1.807, 2.05) is 31.2 Å². The van der Waals surface area contributed by atoms with Crippen LogP contribution in [0.3, 0.4) is 0 Å². The fraction of sp³-hybridized carbons (Fsp3) is 0.312. The number of benzene rings is 1. The number of ether oxygens (including phenoxy) is 1. The molecule has 116 valence electrons. The van der Waals surface area contributed by atoms with E-state index in [0.29, 0.717) is 16.9 Å². The van der Waals surface area contributed by atoms with Crippen LogP contribution in [0.25, 0.3) is 0 Å². The summed E-state index contributed by atoms with van der Waals surface area (Å²) in [6.07, 6.45) is 0. The average Bonchev–Trinajstić information content (AvgIpc) is 2.82. The lowest BCUT2D eigenvalue weighted by molar-refractivity contribution is 0.267. The molecule has 0 saturated heterocycles. The van der Waals surface area contributed by atoms with Crippen molar-refractivity contribution in [2.24, 2.45) is 0 Å². The number of nitrogens with zero attached hydrogens (tertiary/aromatic N) is 1. The molecular formula is C16H17BrN2O3. The van der Waals surface area contributed by atoms with E-state index in [2.05, 4.69) is 33.3 Å². The van der Waals surface area contributed by atoms with Crippen LogP contribution in [0.5, 0.6) is 5.75 Å². The highest BCUT2D eigenvalue weighted by Gasteiger charge is 2.32. The SMILES string of the molecule is COc1ccc(CN2Nc3oc(=O)c(Br)c(C)c3C2C)cc1. The van der Waals surface area contributed by atoms with Gasteiger partial charge in [0.2, 0.25) is 5.88 Å². The van der Waals surface area contributed by atoms with Crippen molar-refractivity contribution in [3.8, 4) is 5.75 Å². The second-order valence-corrected chi connectivity index (χ2v) is 6.13. The van der Waals surface area contributed by atoms with Gasteiger partial charge in [0.15, 0.2) is 0 Å². The molecular weight excluding hydrogens is 348 g/mol. The maximum absolute atomic E-state index is 11.8. The fourth-order valence-corrected chi connectivity index (χ4v) is 3.00. The molecule has 6 heteroatoms. The highest BCUT2D eigenvalue weighted by Crippen LogP contribution is 2.38. The van der Waals surface area contributed by atoms with Gasteiger partial charge in [-0.15, -0.1) is 0 Å². The lowest BCUT2D eigenvalue weighted by Gasteiger charge is -2.21. The minimum absolute atomic E-state index is 0.109. The zero-order chi connectivity index (χ0) is 15.9. The monoisotopic (exact) mass is 364 g/mol. The van der Waals surface area contributed by atoms with Crippen molar-refractivity contribution < 1.29 is 9.15 Å².